The van der Waals surface area contributed by atoms with E-state index in [0.717, 1.165) is 17.8 Å². The van der Waals surface area contributed by atoms with Gasteiger partial charge in [-0.25, -0.2) is 4.39 Å². The summed E-state index contributed by atoms with van der Waals surface area (Å²) in [4.78, 5) is 0. The first-order valence-electron chi connectivity index (χ1n) is 4.27. The van der Waals surface area contributed by atoms with Crippen LogP contribution in [-0.2, 0) is 6.42 Å². The van der Waals surface area contributed by atoms with Crippen LogP contribution < -0.4 is 4.74 Å². The van der Waals surface area contributed by atoms with Gasteiger partial charge in [-0.15, -0.1) is 0 Å². The number of rotatable bonds is 4. The molecule has 0 heterocycles. The van der Waals surface area contributed by atoms with E-state index in [2.05, 4.69) is 15.9 Å². The summed E-state index contributed by atoms with van der Waals surface area (Å²) in [6.45, 7) is 0. The third-order valence-electron chi connectivity index (χ3n) is 1.92. The standard InChI is InChI=1S/C10H11BrF2O/c1-14-10-7(3-2-6-11)4-5-8(12)9(10)13/h4-5H,2-3,6H2,1H3. The van der Waals surface area contributed by atoms with Crippen LogP contribution in [0.3, 0.4) is 0 Å². The maximum atomic E-state index is 13.2. The summed E-state index contributed by atoms with van der Waals surface area (Å²) in [5.41, 5.74) is 0.700. The molecule has 0 atom stereocenters. The number of ether oxygens (including phenoxy) is 1. The molecule has 0 unspecified atom stereocenters. The van der Waals surface area contributed by atoms with E-state index >= 15 is 0 Å². The first kappa shape index (κ1) is 11.4. The number of benzene rings is 1. The third kappa shape index (κ3) is 2.44. The van der Waals surface area contributed by atoms with Gasteiger partial charge in [0.1, 0.15) is 0 Å². The van der Waals surface area contributed by atoms with Gasteiger partial charge < -0.3 is 4.74 Å². The van der Waals surface area contributed by atoms with Crippen molar-refractivity contribution in [3.8, 4) is 5.75 Å². The van der Waals surface area contributed by atoms with Gasteiger partial charge in [0.15, 0.2) is 11.6 Å². The van der Waals surface area contributed by atoms with Crippen LogP contribution >= 0.6 is 15.9 Å². The lowest BCUT2D eigenvalue weighted by Gasteiger charge is -2.08. The van der Waals surface area contributed by atoms with Crippen molar-refractivity contribution in [3.05, 3.63) is 29.3 Å². The van der Waals surface area contributed by atoms with Gasteiger partial charge in [0, 0.05) is 5.33 Å². The fraction of sp³-hybridized carbons (Fsp3) is 0.400. The molecule has 0 spiro atoms. The molecule has 0 N–H and O–H groups in total. The Balaban J connectivity index is 2.98. The lowest BCUT2D eigenvalue weighted by molar-refractivity contribution is 0.367. The summed E-state index contributed by atoms with van der Waals surface area (Å²) in [6.07, 6.45) is 1.53. The molecule has 1 aromatic carbocycles. The van der Waals surface area contributed by atoms with Crippen molar-refractivity contribution in [2.75, 3.05) is 12.4 Å². The molecule has 4 heteroatoms. The van der Waals surface area contributed by atoms with Crippen molar-refractivity contribution in [2.24, 2.45) is 0 Å². The molecule has 0 saturated heterocycles. The topological polar surface area (TPSA) is 9.23 Å². The van der Waals surface area contributed by atoms with Gasteiger partial charge in [0.2, 0.25) is 5.82 Å². The molecule has 0 aromatic heterocycles. The van der Waals surface area contributed by atoms with Crippen LogP contribution in [0.25, 0.3) is 0 Å². The van der Waals surface area contributed by atoms with Crippen LogP contribution in [0, 0.1) is 11.6 Å². The van der Waals surface area contributed by atoms with Crippen LogP contribution in [0.5, 0.6) is 5.75 Å². The highest BCUT2D eigenvalue weighted by atomic mass is 79.9. The summed E-state index contributed by atoms with van der Waals surface area (Å²) in [5, 5.41) is 0.829. The Hall–Kier alpha value is -0.640. The smallest absolute Gasteiger partial charge is 0.200 e. The summed E-state index contributed by atoms with van der Waals surface area (Å²) in [7, 11) is 1.34. The van der Waals surface area contributed by atoms with Crippen LogP contribution in [0.1, 0.15) is 12.0 Å². The molecule has 78 valence electrons. The Bertz CT molecular complexity index is 315. The lowest BCUT2D eigenvalue weighted by Crippen LogP contribution is -1.98. The van der Waals surface area contributed by atoms with Crippen LogP contribution in [0.4, 0.5) is 8.78 Å². The second-order valence-electron chi connectivity index (χ2n) is 2.85. The minimum atomic E-state index is -0.903. The molecule has 0 aliphatic rings. The van der Waals surface area contributed by atoms with Gasteiger partial charge >= 0.3 is 0 Å². The molecule has 0 aliphatic carbocycles. The summed E-state index contributed by atoms with van der Waals surface area (Å²) in [5.74, 6) is -1.75. The maximum absolute atomic E-state index is 13.2. The second kappa shape index (κ2) is 5.29. The number of alkyl halides is 1. The number of halogens is 3. The van der Waals surface area contributed by atoms with E-state index in [4.69, 9.17) is 4.74 Å². The molecule has 0 aliphatic heterocycles. The van der Waals surface area contributed by atoms with E-state index in [1.165, 1.54) is 7.11 Å². The Morgan fingerprint density at radius 3 is 2.64 bits per heavy atom. The van der Waals surface area contributed by atoms with E-state index < -0.39 is 11.6 Å². The normalized spacial score (nSPS) is 10.3. The average molecular weight is 265 g/mol. The zero-order valence-electron chi connectivity index (χ0n) is 7.82. The molecule has 0 fully saturated rings. The molecule has 1 rings (SSSR count). The van der Waals surface area contributed by atoms with E-state index in [1.54, 1.807) is 6.07 Å². The fourth-order valence-electron chi connectivity index (χ4n) is 1.25. The molecule has 0 bridgehead atoms. The van der Waals surface area contributed by atoms with Gasteiger partial charge in [0.05, 0.1) is 7.11 Å². The molecule has 14 heavy (non-hydrogen) atoms. The highest BCUT2D eigenvalue weighted by Crippen LogP contribution is 2.25. The number of hydrogen-bond acceptors (Lipinski definition) is 1. The van der Waals surface area contributed by atoms with E-state index in [1.807, 2.05) is 0 Å². The summed E-state index contributed by atoms with van der Waals surface area (Å²) < 4.78 is 30.8. The first-order valence-corrected chi connectivity index (χ1v) is 5.39. The van der Waals surface area contributed by atoms with Crippen molar-refractivity contribution >= 4 is 15.9 Å². The number of hydrogen-bond donors (Lipinski definition) is 0. The third-order valence-corrected chi connectivity index (χ3v) is 2.48. The maximum Gasteiger partial charge on any atom is 0.200 e. The lowest BCUT2D eigenvalue weighted by atomic mass is 10.1. The van der Waals surface area contributed by atoms with E-state index in [-0.39, 0.29) is 5.75 Å². The van der Waals surface area contributed by atoms with E-state index in [9.17, 15) is 8.78 Å². The Labute approximate surface area is 90.2 Å². The van der Waals surface area contributed by atoms with Crippen molar-refractivity contribution in [1.29, 1.82) is 0 Å². The monoisotopic (exact) mass is 264 g/mol. The van der Waals surface area contributed by atoms with Crippen LogP contribution in [0.2, 0.25) is 0 Å². The van der Waals surface area contributed by atoms with Crippen LogP contribution in [-0.4, -0.2) is 12.4 Å². The van der Waals surface area contributed by atoms with Gasteiger partial charge in [-0.05, 0) is 24.5 Å². The van der Waals surface area contributed by atoms with Crippen LogP contribution in [0.15, 0.2) is 12.1 Å². The predicted molar refractivity (Wildman–Crippen MR) is 55.0 cm³/mol. The molecule has 1 nitrogen and oxygen atoms in total. The summed E-state index contributed by atoms with van der Waals surface area (Å²) in [6, 6.07) is 2.68. The van der Waals surface area contributed by atoms with Gasteiger partial charge in [-0.1, -0.05) is 22.0 Å². The predicted octanol–water partition coefficient (Wildman–Crippen LogP) is 3.30. The average Bonchev–Trinajstić information content (AvgIpc) is 2.20. The number of methoxy groups -OCH3 is 1. The Kier molecular flexibility index (Phi) is 4.32. The molecular formula is C10H11BrF2O. The summed E-state index contributed by atoms with van der Waals surface area (Å²) >= 11 is 3.28. The highest BCUT2D eigenvalue weighted by molar-refractivity contribution is 9.09. The SMILES string of the molecule is COc1c(CCCBr)ccc(F)c1F. The zero-order chi connectivity index (χ0) is 10.6. The molecular weight excluding hydrogens is 254 g/mol. The molecule has 0 amide bonds. The second-order valence-corrected chi connectivity index (χ2v) is 3.64. The van der Waals surface area contributed by atoms with Gasteiger partial charge in [-0.2, -0.15) is 4.39 Å². The van der Waals surface area contributed by atoms with E-state index in [0.29, 0.717) is 12.0 Å². The van der Waals surface area contributed by atoms with Crippen molar-refractivity contribution in [2.45, 2.75) is 12.8 Å². The van der Waals surface area contributed by atoms with Gasteiger partial charge in [-0.3, -0.25) is 0 Å². The van der Waals surface area contributed by atoms with Crippen molar-refractivity contribution < 1.29 is 13.5 Å². The van der Waals surface area contributed by atoms with Gasteiger partial charge in [0.25, 0.3) is 0 Å². The van der Waals surface area contributed by atoms with Crippen molar-refractivity contribution in [3.63, 3.8) is 0 Å². The first-order chi connectivity index (χ1) is 6.70. The largest absolute Gasteiger partial charge is 0.493 e. The number of aryl methyl sites for hydroxylation is 1. The Morgan fingerprint density at radius 2 is 2.07 bits per heavy atom. The Morgan fingerprint density at radius 1 is 1.36 bits per heavy atom. The highest BCUT2D eigenvalue weighted by Gasteiger charge is 2.13. The molecule has 0 radical (unpaired) electrons. The zero-order valence-corrected chi connectivity index (χ0v) is 9.40. The minimum Gasteiger partial charge on any atom is -0.493 e. The molecule has 0 saturated carbocycles. The fourth-order valence-corrected chi connectivity index (χ4v) is 1.53. The molecule has 1 aromatic rings. The van der Waals surface area contributed by atoms with Crippen molar-refractivity contribution in [1.82, 2.24) is 0 Å². The minimum absolute atomic E-state index is 0.0194. The quantitative estimate of drug-likeness (QED) is 0.759.